The van der Waals surface area contributed by atoms with Crippen molar-refractivity contribution in [2.75, 3.05) is 0 Å². The minimum atomic E-state index is 0.312. The van der Waals surface area contributed by atoms with Gasteiger partial charge < -0.3 is 5.11 Å². The number of phenols is 1. The van der Waals surface area contributed by atoms with Gasteiger partial charge in [-0.3, -0.25) is 0 Å². The minimum Gasteiger partial charge on any atom is -0.508 e. The molecular weight excluding hydrogens is 174 g/mol. The summed E-state index contributed by atoms with van der Waals surface area (Å²) in [5.41, 5.74) is 1.18. The summed E-state index contributed by atoms with van der Waals surface area (Å²) >= 11 is 0. The van der Waals surface area contributed by atoms with Crippen LogP contribution in [0.5, 0.6) is 5.75 Å². The Bertz CT molecular complexity index is 394. The number of phenolic OH excluding ortho intramolecular Hbond substituents is 1. The average Bonchev–Trinajstić information content (AvgIpc) is 2.23. The van der Waals surface area contributed by atoms with Crippen LogP contribution in [0, 0.1) is 0 Å². The van der Waals surface area contributed by atoms with Crippen molar-refractivity contribution in [3.05, 3.63) is 60.4 Å². The summed E-state index contributed by atoms with van der Waals surface area (Å²) in [4.78, 5) is 0. The van der Waals surface area contributed by atoms with Gasteiger partial charge in [0.2, 0.25) is 0 Å². The number of benzene rings is 1. The molecule has 70 valence electrons. The summed E-state index contributed by atoms with van der Waals surface area (Å²) in [5, 5.41) is 9.12. The highest BCUT2D eigenvalue weighted by atomic mass is 16.3. The first-order chi connectivity index (χ1) is 6.84. The fraction of sp³-hybridized carbons (Fsp3) is 0.0833. The van der Waals surface area contributed by atoms with Gasteiger partial charge in [0.15, 0.2) is 18.9 Å². The number of rotatable bonds is 2. The van der Waals surface area contributed by atoms with Crippen LogP contribution in [0.2, 0.25) is 0 Å². The number of aromatic hydroxyl groups is 1. The van der Waals surface area contributed by atoms with E-state index in [1.807, 2.05) is 42.7 Å². The molecule has 1 heterocycles. The molecule has 0 amide bonds. The molecule has 1 aromatic heterocycles. The maximum Gasteiger partial charge on any atom is 0.173 e. The highest BCUT2D eigenvalue weighted by Gasteiger charge is 2.00. The van der Waals surface area contributed by atoms with E-state index in [4.69, 9.17) is 5.11 Å². The third kappa shape index (κ3) is 2.10. The minimum absolute atomic E-state index is 0.312. The lowest BCUT2D eigenvalue weighted by Crippen LogP contribution is -2.32. The van der Waals surface area contributed by atoms with Gasteiger partial charge in [-0.1, -0.05) is 6.07 Å². The highest BCUT2D eigenvalue weighted by Crippen LogP contribution is 2.08. The molecule has 1 aromatic carbocycles. The standard InChI is InChI=1S/C12H11NO/c14-12-6-4-11(5-7-12)10-13-8-2-1-3-9-13/h1-9H,10H2/p+1. The van der Waals surface area contributed by atoms with Crippen molar-refractivity contribution in [1.82, 2.24) is 0 Å². The Labute approximate surface area is 83.1 Å². The lowest BCUT2D eigenvalue weighted by molar-refractivity contribution is -0.688. The van der Waals surface area contributed by atoms with Crippen LogP contribution in [0.3, 0.4) is 0 Å². The van der Waals surface area contributed by atoms with Crippen molar-refractivity contribution in [2.24, 2.45) is 0 Å². The monoisotopic (exact) mass is 186 g/mol. The highest BCUT2D eigenvalue weighted by molar-refractivity contribution is 5.25. The number of hydrogen-bond acceptors (Lipinski definition) is 1. The van der Waals surface area contributed by atoms with E-state index in [1.54, 1.807) is 12.1 Å². The predicted molar refractivity (Wildman–Crippen MR) is 53.8 cm³/mol. The molecule has 2 heteroatoms. The molecule has 0 saturated heterocycles. The van der Waals surface area contributed by atoms with Gasteiger partial charge in [-0.2, -0.15) is 0 Å². The summed E-state index contributed by atoms with van der Waals surface area (Å²) in [6, 6.07) is 13.3. The second-order valence-corrected chi connectivity index (χ2v) is 3.21. The molecule has 2 rings (SSSR count). The summed E-state index contributed by atoms with van der Waals surface area (Å²) in [5.74, 6) is 0.312. The van der Waals surface area contributed by atoms with Crippen LogP contribution in [-0.2, 0) is 6.54 Å². The lowest BCUT2D eigenvalue weighted by atomic mass is 10.2. The third-order valence-corrected chi connectivity index (χ3v) is 2.08. The second-order valence-electron chi connectivity index (χ2n) is 3.21. The van der Waals surface area contributed by atoms with Crippen molar-refractivity contribution < 1.29 is 9.67 Å². The Morgan fingerprint density at radius 3 is 2.21 bits per heavy atom. The van der Waals surface area contributed by atoms with Gasteiger partial charge in [0.05, 0.1) is 0 Å². The first-order valence-corrected chi connectivity index (χ1v) is 4.56. The van der Waals surface area contributed by atoms with Crippen molar-refractivity contribution in [3.63, 3.8) is 0 Å². The average molecular weight is 186 g/mol. The predicted octanol–water partition coefficient (Wildman–Crippen LogP) is 1.73. The van der Waals surface area contributed by atoms with Gasteiger partial charge in [0.25, 0.3) is 0 Å². The normalized spacial score (nSPS) is 10.0. The van der Waals surface area contributed by atoms with Crippen molar-refractivity contribution in [3.8, 4) is 5.75 Å². The molecule has 0 aliphatic carbocycles. The van der Waals surface area contributed by atoms with Crippen LogP contribution < -0.4 is 4.57 Å². The number of nitrogens with zero attached hydrogens (tertiary/aromatic N) is 1. The van der Waals surface area contributed by atoms with Crippen LogP contribution in [0.1, 0.15) is 5.56 Å². The maximum absolute atomic E-state index is 9.12. The van der Waals surface area contributed by atoms with Crippen molar-refractivity contribution in [1.29, 1.82) is 0 Å². The van der Waals surface area contributed by atoms with Crippen molar-refractivity contribution in [2.45, 2.75) is 6.54 Å². The maximum atomic E-state index is 9.12. The molecule has 2 aromatic rings. The van der Waals surface area contributed by atoms with Gasteiger partial charge in [0.1, 0.15) is 5.75 Å². The molecule has 0 spiro atoms. The summed E-state index contributed by atoms with van der Waals surface area (Å²) in [6.45, 7) is 0.834. The lowest BCUT2D eigenvalue weighted by Gasteiger charge is -1.97. The first-order valence-electron chi connectivity index (χ1n) is 4.56. The van der Waals surface area contributed by atoms with E-state index >= 15 is 0 Å². The van der Waals surface area contributed by atoms with Gasteiger partial charge in [0, 0.05) is 17.7 Å². The molecule has 0 saturated carbocycles. The van der Waals surface area contributed by atoms with E-state index in [0.29, 0.717) is 5.75 Å². The molecule has 14 heavy (non-hydrogen) atoms. The molecule has 2 nitrogen and oxygen atoms in total. The van der Waals surface area contributed by atoms with Crippen LogP contribution in [0.15, 0.2) is 54.9 Å². The molecular formula is C12H12NO+. The van der Waals surface area contributed by atoms with E-state index in [2.05, 4.69) is 4.57 Å². The Balaban J connectivity index is 2.16. The fourth-order valence-electron chi connectivity index (χ4n) is 1.35. The van der Waals surface area contributed by atoms with Gasteiger partial charge in [-0.15, -0.1) is 0 Å². The van der Waals surface area contributed by atoms with Gasteiger partial charge in [-0.05, 0) is 24.3 Å². The van der Waals surface area contributed by atoms with E-state index in [-0.39, 0.29) is 0 Å². The second kappa shape index (κ2) is 3.92. The molecule has 0 aliphatic heterocycles. The Morgan fingerprint density at radius 2 is 1.57 bits per heavy atom. The molecule has 0 radical (unpaired) electrons. The van der Waals surface area contributed by atoms with Crippen LogP contribution in [-0.4, -0.2) is 5.11 Å². The molecule has 0 aliphatic rings. The summed E-state index contributed by atoms with van der Waals surface area (Å²) < 4.78 is 2.09. The quantitative estimate of drug-likeness (QED) is 0.709. The fourth-order valence-corrected chi connectivity index (χ4v) is 1.35. The zero-order valence-corrected chi connectivity index (χ0v) is 7.80. The topological polar surface area (TPSA) is 24.1 Å². The van der Waals surface area contributed by atoms with E-state index in [0.717, 1.165) is 6.54 Å². The Morgan fingerprint density at radius 1 is 0.929 bits per heavy atom. The number of hydrogen-bond donors (Lipinski definition) is 1. The van der Waals surface area contributed by atoms with Gasteiger partial charge in [-0.25, -0.2) is 4.57 Å². The van der Waals surface area contributed by atoms with Crippen molar-refractivity contribution >= 4 is 0 Å². The zero-order chi connectivity index (χ0) is 9.80. The SMILES string of the molecule is Oc1ccc(C[n+]2ccccc2)cc1. The molecule has 0 fully saturated rings. The van der Waals surface area contributed by atoms with Crippen LogP contribution in [0.4, 0.5) is 0 Å². The molecule has 1 N–H and O–H groups in total. The van der Waals surface area contributed by atoms with Crippen LogP contribution >= 0.6 is 0 Å². The largest absolute Gasteiger partial charge is 0.508 e. The Kier molecular flexibility index (Phi) is 2.45. The van der Waals surface area contributed by atoms with Crippen LogP contribution in [0.25, 0.3) is 0 Å². The first kappa shape index (κ1) is 8.75. The summed E-state index contributed by atoms with van der Waals surface area (Å²) in [6.07, 6.45) is 4.04. The van der Waals surface area contributed by atoms with Gasteiger partial charge >= 0.3 is 0 Å². The molecule has 0 unspecified atom stereocenters. The molecule has 0 bridgehead atoms. The Hall–Kier alpha value is -1.83. The molecule has 0 atom stereocenters. The number of pyridine rings is 1. The van der Waals surface area contributed by atoms with E-state index in [9.17, 15) is 0 Å². The smallest absolute Gasteiger partial charge is 0.173 e. The number of aromatic nitrogens is 1. The summed E-state index contributed by atoms with van der Waals surface area (Å²) in [7, 11) is 0. The van der Waals surface area contributed by atoms with E-state index in [1.165, 1.54) is 5.56 Å². The van der Waals surface area contributed by atoms with E-state index < -0.39 is 0 Å². The zero-order valence-electron chi connectivity index (χ0n) is 7.80. The third-order valence-electron chi connectivity index (χ3n) is 2.08.